The molecule has 0 aromatic carbocycles. The fourth-order valence-corrected chi connectivity index (χ4v) is 2.66. The Kier molecular flexibility index (Phi) is 3.35. The molecule has 0 bridgehead atoms. The van der Waals surface area contributed by atoms with Crippen molar-refractivity contribution >= 4 is 23.1 Å². The molecule has 1 aromatic rings. The Morgan fingerprint density at radius 2 is 2.21 bits per heavy atom. The molecule has 19 heavy (non-hydrogen) atoms. The van der Waals surface area contributed by atoms with Crippen molar-refractivity contribution in [2.24, 2.45) is 10.9 Å². The Morgan fingerprint density at radius 3 is 2.74 bits per heavy atom. The summed E-state index contributed by atoms with van der Waals surface area (Å²) in [7, 11) is 0. The highest BCUT2D eigenvalue weighted by Gasteiger charge is 2.30. The molecule has 2 aliphatic carbocycles. The Balaban J connectivity index is 1.96. The SMILES string of the molecule is O=c1c(N=C=S)cc(C2CC2)cn1CC1CC[C@@H]1O. The van der Waals surface area contributed by atoms with Crippen molar-refractivity contribution in [1.29, 1.82) is 0 Å². The smallest absolute Gasteiger partial charge is 0.277 e. The number of hydrogen-bond donors (Lipinski definition) is 1. The van der Waals surface area contributed by atoms with E-state index in [1.54, 1.807) is 4.57 Å². The Labute approximate surface area is 116 Å². The minimum Gasteiger partial charge on any atom is -0.393 e. The van der Waals surface area contributed by atoms with Crippen molar-refractivity contribution in [3.63, 3.8) is 0 Å². The van der Waals surface area contributed by atoms with E-state index in [1.807, 2.05) is 12.3 Å². The second-order valence-electron chi connectivity index (χ2n) is 5.50. The lowest BCUT2D eigenvalue weighted by molar-refractivity contribution is 0.0142. The van der Waals surface area contributed by atoms with Gasteiger partial charge < -0.3 is 9.67 Å². The van der Waals surface area contributed by atoms with Crippen molar-refractivity contribution in [2.75, 3.05) is 0 Å². The third kappa shape index (κ3) is 2.54. The summed E-state index contributed by atoms with van der Waals surface area (Å²) in [5.74, 6) is 0.744. The van der Waals surface area contributed by atoms with Crippen LogP contribution in [-0.4, -0.2) is 20.9 Å². The van der Waals surface area contributed by atoms with Gasteiger partial charge in [-0.05, 0) is 55.4 Å². The van der Waals surface area contributed by atoms with Crippen molar-refractivity contribution < 1.29 is 5.11 Å². The number of aliphatic imine (C=N–C) groups is 1. The summed E-state index contributed by atoms with van der Waals surface area (Å²) in [6, 6.07) is 1.83. The molecule has 2 saturated carbocycles. The molecule has 0 spiro atoms. The Hall–Kier alpha value is -1.29. The van der Waals surface area contributed by atoms with Crippen molar-refractivity contribution in [1.82, 2.24) is 4.57 Å². The molecule has 2 atom stereocenters. The first-order chi connectivity index (χ1) is 9.19. The molecule has 0 aliphatic heterocycles. The van der Waals surface area contributed by atoms with Crippen LogP contribution in [0.4, 0.5) is 5.69 Å². The van der Waals surface area contributed by atoms with Gasteiger partial charge in [-0.3, -0.25) is 4.79 Å². The molecular weight excluding hydrogens is 260 g/mol. The highest BCUT2D eigenvalue weighted by Crippen LogP contribution is 2.40. The van der Waals surface area contributed by atoms with Gasteiger partial charge in [0, 0.05) is 18.7 Å². The van der Waals surface area contributed by atoms with Gasteiger partial charge in [-0.25, -0.2) is 0 Å². The van der Waals surface area contributed by atoms with Crippen LogP contribution in [0.1, 0.15) is 37.2 Å². The minimum atomic E-state index is -0.269. The molecule has 1 unspecified atom stereocenters. The van der Waals surface area contributed by atoms with Gasteiger partial charge in [0.15, 0.2) is 0 Å². The topological polar surface area (TPSA) is 54.6 Å². The molecule has 5 heteroatoms. The predicted molar refractivity (Wildman–Crippen MR) is 76.1 cm³/mol. The van der Waals surface area contributed by atoms with E-state index in [1.165, 1.54) is 12.8 Å². The first kappa shape index (κ1) is 12.7. The Bertz CT molecular complexity index is 600. The highest BCUT2D eigenvalue weighted by atomic mass is 32.1. The van der Waals surface area contributed by atoms with Crippen molar-refractivity contribution in [3.8, 4) is 0 Å². The van der Waals surface area contributed by atoms with E-state index in [2.05, 4.69) is 22.4 Å². The number of hydrogen-bond acceptors (Lipinski definition) is 4. The first-order valence-electron chi connectivity index (χ1n) is 6.69. The summed E-state index contributed by atoms with van der Waals surface area (Å²) >= 11 is 4.60. The summed E-state index contributed by atoms with van der Waals surface area (Å²) < 4.78 is 1.69. The Morgan fingerprint density at radius 1 is 1.42 bits per heavy atom. The molecule has 100 valence electrons. The molecule has 1 N–H and O–H groups in total. The zero-order valence-electron chi connectivity index (χ0n) is 10.6. The van der Waals surface area contributed by atoms with Crippen LogP contribution < -0.4 is 5.56 Å². The number of isothiocyanates is 1. The molecule has 3 rings (SSSR count). The van der Waals surface area contributed by atoms with Crippen LogP contribution >= 0.6 is 12.2 Å². The number of rotatable bonds is 4. The van der Waals surface area contributed by atoms with E-state index in [-0.39, 0.29) is 17.6 Å². The molecule has 1 heterocycles. The van der Waals surface area contributed by atoms with Crippen LogP contribution in [0.3, 0.4) is 0 Å². The van der Waals surface area contributed by atoms with Gasteiger partial charge >= 0.3 is 0 Å². The monoisotopic (exact) mass is 276 g/mol. The van der Waals surface area contributed by atoms with E-state index >= 15 is 0 Å². The average molecular weight is 276 g/mol. The summed E-state index contributed by atoms with van der Waals surface area (Å²) in [5.41, 5.74) is 1.38. The highest BCUT2D eigenvalue weighted by molar-refractivity contribution is 7.78. The van der Waals surface area contributed by atoms with E-state index in [0.29, 0.717) is 18.2 Å². The molecule has 0 amide bonds. The maximum atomic E-state index is 12.2. The molecule has 0 saturated heterocycles. The molecule has 4 nitrogen and oxygen atoms in total. The van der Waals surface area contributed by atoms with Gasteiger partial charge in [0.05, 0.1) is 11.3 Å². The minimum absolute atomic E-state index is 0.138. The lowest BCUT2D eigenvalue weighted by Gasteiger charge is -2.32. The third-order valence-electron chi connectivity index (χ3n) is 4.11. The zero-order valence-corrected chi connectivity index (χ0v) is 11.4. The van der Waals surface area contributed by atoms with Crippen LogP contribution in [-0.2, 0) is 6.54 Å². The second-order valence-corrected chi connectivity index (χ2v) is 5.68. The fraction of sp³-hybridized carbons (Fsp3) is 0.571. The fourth-order valence-electron chi connectivity index (χ4n) is 2.56. The molecular formula is C14H16N2O2S. The summed E-state index contributed by atoms with van der Waals surface area (Å²) in [6.45, 7) is 0.570. The van der Waals surface area contributed by atoms with E-state index in [0.717, 1.165) is 18.4 Å². The molecule has 2 fully saturated rings. The summed E-state index contributed by atoms with van der Waals surface area (Å²) in [5, 5.41) is 11.9. The quantitative estimate of drug-likeness (QED) is 0.678. The van der Waals surface area contributed by atoms with Gasteiger partial charge in [-0.1, -0.05) is 0 Å². The van der Waals surface area contributed by atoms with E-state index in [9.17, 15) is 9.90 Å². The number of thiocarbonyl (C=S) groups is 1. The summed E-state index contributed by atoms with van der Waals surface area (Å²) in [4.78, 5) is 16.1. The lowest BCUT2D eigenvalue weighted by atomic mass is 9.82. The lowest BCUT2D eigenvalue weighted by Crippen LogP contribution is -2.37. The molecule has 2 aliphatic rings. The van der Waals surface area contributed by atoms with Crippen LogP contribution in [0.15, 0.2) is 22.1 Å². The van der Waals surface area contributed by atoms with Gasteiger partial charge in [-0.2, -0.15) is 4.99 Å². The van der Waals surface area contributed by atoms with Crippen LogP contribution in [0.2, 0.25) is 0 Å². The van der Waals surface area contributed by atoms with Crippen molar-refractivity contribution in [2.45, 2.75) is 44.2 Å². The summed E-state index contributed by atoms with van der Waals surface area (Å²) in [6.07, 6.45) is 5.82. The van der Waals surface area contributed by atoms with Crippen LogP contribution in [0, 0.1) is 5.92 Å². The normalized spacial score (nSPS) is 25.5. The van der Waals surface area contributed by atoms with Crippen molar-refractivity contribution in [3.05, 3.63) is 28.2 Å². The number of aliphatic hydroxyl groups excluding tert-OH is 1. The second kappa shape index (κ2) is 5.00. The number of aliphatic hydroxyl groups is 1. The number of aromatic nitrogens is 1. The number of nitrogens with zero attached hydrogens (tertiary/aromatic N) is 2. The van der Waals surface area contributed by atoms with Crippen LogP contribution in [0.5, 0.6) is 0 Å². The standard InChI is InChI=1S/C14H16N2O2S/c17-13-4-3-10(13)6-16-7-11(9-1-2-9)5-12(14(16)18)15-8-19/h5,7,9-10,13,17H,1-4,6H2/t10?,13-/m0/s1. The molecule has 0 radical (unpaired) electrons. The van der Waals surface area contributed by atoms with Gasteiger partial charge in [-0.15, -0.1) is 0 Å². The van der Waals surface area contributed by atoms with E-state index in [4.69, 9.17) is 0 Å². The van der Waals surface area contributed by atoms with Gasteiger partial charge in [0.2, 0.25) is 0 Å². The zero-order chi connectivity index (χ0) is 13.4. The van der Waals surface area contributed by atoms with Gasteiger partial charge in [0.1, 0.15) is 5.69 Å². The maximum absolute atomic E-state index is 12.2. The predicted octanol–water partition coefficient (Wildman–Crippen LogP) is 2.23. The van der Waals surface area contributed by atoms with Crippen LogP contribution in [0.25, 0.3) is 0 Å². The largest absolute Gasteiger partial charge is 0.393 e. The first-order valence-corrected chi connectivity index (χ1v) is 7.10. The maximum Gasteiger partial charge on any atom is 0.277 e. The molecule has 1 aromatic heterocycles. The average Bonchev–Trinajstić information content (AvgIpc) is 3.22. The third-order valence-corrected chi connectivity index (χ3v) is 4.20. The van der Waals surface area contributed by atoms with Gasteiger partial charge in [0.25, 0.3) is 5.56 Å². The number of pyridine rings is 1. The van der Waals surface area contributed by atoms with E-state index < -0.39 is 0 Å².